The van der Waals surface area contributed by atoms with Gasteiger partial charge in [-0.1, -0.05) is 12.1 Å². The highest BCUT2D eigenvalue weighted by atomic mass is 16.6. The average molecular weight is 177 g/mol. The molecule has 0 bridgehead atoms. The minimum atomic E-state index is -0.438. The Morgan fingerprint density at radius 3 is 2.92 bits per heavy atom. The minimum Gasteiger partial charge on any atom is -0.409 e. The lowest BCUT2D eigenvalue weighted by Crippen LogP contribution is -2.00. The van der Waals surface area contributed by atoms with Crippen molar-refractivity contribution in [3.05, 3.63) is 24.3 Å². The number of carbonyl (C=O) groups is 1. The van der Waals surface area contributed by atoms with Gasteiger partial charge >= 0.3 is 12.0 Å². The van der Waals surface area contributed by atoms with Crippen molar-refractivity contribution >= 4 is 17.1 Å². The molecule has 1 aromatic heterocycles. The van der Waals surface area contributed by atoms with E-state index in [1.54, 1.807) is 12.1 Å². The quantitative estimate of drug-likeness (QED) is 0.622. The number of aromatic nitrogens is 1. The van der Waals surface area contributed by atoms with Crippen molar-refractivity contribution in [3.63, 3.8) is 0 Å². The lowest BCUT2D eigenvalue weighted by Gasteiger charge is -1.89. The molecule has 0 fully saturated rings. The van der Waals surface area contributed by atoms with Gasteiger partial charge in [-0.3, -0.25) is 4.79 Å². The molecule has 0 aliphatic carbocycles. The summed E-state index contributed by atoms with van der Waals surface area (Å²) < 4.78 is 9.81. The van der Waals surface area contributed by atoms with Gasteiger partial charge in [-0.15, -0.1) is 0 Å². The first-order chi connectivity index (χ1) is 6.25. The van der Waals surface area contributed by atoms with Crippen molar-refractivity contribution in [2.75, 3.05) is 0 Å². The molecule has 0 saturated heterocycles. The molecule has 1 heterocycles. The summed E-state index contributed by atoms with van der Waals surface area (Å²) in [7, 11) is 0. The molecule has 0 unspecified atom stereocenters. The first kappa shape index (κ1) is 7.79. The van der Waals surface area contributed by atoms with Gasteiger partial charge in [0.2, 0.25) is 0 Å². The second kappa shape index (κ2) is 2.90. The fraction of sp³-hybridized carbons (Fsp3) is 0.111. The van der Waals surface area contributed by atoms with E-state index in [-0.39, 0.29) is 6.08 Å². The predicted octanol–water partition coefficient (Wildman–Crippen LogP) is 1.75. The van der Waals surface area contributed by atoms with Crippen LogP contribution in [0.2, 0.25) is 0 Å². The normalized spacial score (nSPS) is 10.2. The van der Waals surface area contributed by atoms with Crippen molar-refractivity contribution in [1.82, 2.24) is 4.98 Å². The first-order valence-corrected chi connectivity index (χ1v) is 3.80. The van der Waals surface area contributed by atoms with Gasteiger partial charge in [0.1, 0.15) is 5.52 Å². The molecule has 0 saturated carbocycles. The molecular formula is C9H7NO3. The Kier molecular flexibility index (Phi) is 1.73. The van der Waals surface area contributed by atoms with Gasteiger partial charge in [-0.2, -0.15) is 4.98 Å². The number of fused-ring (bicyclic) bond motifs is 1. The number of benzene rings is 1. The summed E-state index contributed by atoms with van der Waals surface area (Å²) in [6.07, 6.45) is -0.00583. The van der Waals surface area contributed by atoms with Crippen LogP contribution in [0.3, 0.4) is 0 Å². The molecule has 2 rings (SSSR count). The zero-order chi connectivity index (χ0) is 9.26. The smallest absolute Gasteiger partial charge is 0.402 e. The van der Waals surface area contributed by atoms with Crippen molar-refractivity contribution < 1.29 is 13.9 Å². The number of esters is 1. The lowest BCUT2D eigenvalue weighted by atomic mass is 10.3. The second-order valence-corrected chi connectivity index (χ2v) is 2.54. The van der Waals surface area contributed by atoms with Crippen LogP contribution in [0.5, 0.6) is 6.08 Å². The maximum Gasteiger partial charge on any atom is 0.402 e. The number of hydrogen-bond donors (Lipinski definition) is 0. The summed E-state index contributed by atoms with van der Waals surface area (Å²) >= 11 is 0. The Hall–Kier alpha value is -1.84. The SMILES string of the molecule is CC(=O)Oc1nc2ccccc2o1. The number of ether oxygens (including phenoxy) is 1. The van der Waals surface area contributed by atoms with Crippen LogP contribution in [0, 0.1) is 0 Å². The van der Waals surface area contributed by atoms with Gasteiger partial charge in [0.05, 0.1) is 0 Å². The summed E-state index contributed by atoms with van der Waals surface area (Å²) in [4.78, 5) is 14.5. The summed E-state index contributed by atoms with van der Waals surface area (Å²) in [6, 6.07) is 7.20. The van der Waals surface area contributed by atoms with E-state index in [2.05, 4.69) is 9.72 Å². The zero-order valence-corrected chi connectivity index (χ0v) is 6.98. The largest absolute Gasteiger partial charge is 0.409 e. The Morgan fingerprint density at radius 2 is 2.23 bits per heavy atom. The molecule has 66 valence electrons. The maximum atomic E-state index is 10.6. The zero-order valence-electron chi connectivity index (χ0n) is 6.98. The predicted molar refractivity (Wildman–Crippen MR) is 45.3 cm³/mol. The van der Waals surface area contributed by atoms with Crippen molar-refractivity contribution in [3.8, 4) is 6.08 Å². The van der Waals surface area contributed by atoms with Crippen LogP contribution in [0.25, 0.3) is 11.1 Å². The van der Waals surface area contributed by atoms with E-state index < -0.39 is 5.97 Å². The number of oxazole rings is 1. The van der Waals surface area contributed by atoms with Gasteiger partial charge in [0.25, 0.3) is 0 Å². The molecule has 0 radical (unpaired) electrons. The van der Waals surface area contributed by atoms with E-state index in [1.165, 1.54) is 6.92 Å². The van der Waals surface area contributed by atoms with Crippen molar-refractivity contribution in [2.45, 2.75) is 6.92 Å². The van der Waals surface area contributed by atoms with Crippen LogP contribution in [0.15, 0.2) is 28.7 Å². The number of carbonyl (C=O) groups excluding carboxylic acids is 1. The van der Waals surface area contributed by atoms with E-state index in [0.29, 0.717) is 11.1 Å². The third kappa shape index (κ3) is 1.51. The molecule has 1 aromatic carbocycles. The molecule has 0 spiro atoms. The van der Waals surface area contributed by atoms with Crippen molar-refractivity contribution in [1.29, 1.82) is 0 Å². The number of hydrogen-bond acceptors (Lipinski definition) is 4. The Labute approximate surface area is 74.1 Å². The van der Waals surface area contributed by atoms with Crippen LogP contribution in [0.4, 0.5) is 0 Å². The van der Waals surface area contributed by atoms with E-state index in [0.717, 1.165) is 0 Å². The van der Waals surface area contributed by atoms with Crippen LogP contribution in [-0.4, -0.2) is 11.0 Å². The Bertz CT molecular complexity index is 414. The van der Waals surface area contributed by atoms with Crippen molar-refractivity contribution in [2.24, 2.45) is 0 Å². The summed E-state index contributed by atoms with van der Waals surface area (Å²) in [5.74, 6) is -0.438. The molecule has 4 nitrogen and oxygen atoms in total. The first-order valence-electron chi connectivity index (χ1n) is 3.80. The van der Waals surface area contributed by atoms with E-state index in [4.69, 9.17) is 4.42 Å². The standard InChI is InChI=1S/C9H7NO3/c1-6(11)12-9-10-7-4-2-3-5-8(7)13-9/h2-5H,1H3. The second-order valence-electron chi connectivity index (χ2n) is 2.54. The summed E-state index contributed by atoms with van der Waals surface area (Å²) in [5.41, 5.74) is 1.29. The van der Waals surface area contributed by atoms with Crippen LogP contribution in [-0.2, 0) is 4.79 Å². The summed E-state index contributed by atoms with van der Waals surface area (Å²) in [5, 5.41) is 0. The van der Waals surface area contributed by atoms with Crippen LogP contribution >= 0.6 is 0 Å². The molecular weight excluding hydrogens is 170 g/mol. The molecule has 0 atom stereocenters. The minimum absolute atomic E-state index is 0.00583. The molecule has 13 heavy (non-hydrogen) atoms. The van der Waals surface area contributed by atoms with Gasteiger partial charge in [-0.25, -0.2) is 0 Å². The summed E-state index contributed by atoms with van der Waals surface area (Å²) in [6.45, 7) is 1.30. The highest BCUT2D eigenvalue weighted by molar-refractivity contribution is 5.74. The monoisotopic (exact) mass is 177 g/mol. The number of para-hydroxylation sites is 2. The van der Waals surface area contributed by atoms with E-state index in [1.807, 2.05) is 12.1 Å². The van der Waals surface area contributed by atoms with Gasteiger partial charge in [-0.05, 0) is 12.1 Å². The Morgan fingerprint density at radius 1 is 1.46 bits per heavy atom. The van der Waals surface area contributed by atoms with E-state index >= 15 is 0 Å². The van der Waals surface area contributed by atoms with Gasteiger partial charge in [0, 0.05) is 6.92 Å². The molecule has 0 amide bonds. The third-order valence-electron chi connectivity index (χ3n) is 1.51. The third-order valence-corrected chi connectivity index (χ3v) is 1.51. The molecule has 4 heteroatoms. The Balaban J connectivity index is 2.44. The fourth-order valence-electron chi connectivity index (χ4n) is 1.02. The highest BCUT2D eigenvalue weighted by Gasteiger charge is 2.07. The van der Waals surface area contributed by atoms with Gasteiger partial charge in [0.15, 0.2) is 5.58 Å². The van der Waals surface area contributed by atoms with Crippen LogP contribution < -0.4 is 4.74 Å². The molecule has 0 N–H and O–H groups in total. The molecule has 2 aromatic rings. The average Bonchev–Trinajstić information content (AvgIpc) is 2.44. The lowest BCUT2D eigenvalue weighted by molar-refractivity contribution is -0.133. The fourth-order valence-corrected chi connectivity index (χ4v) is 1.02. The van der Waals surface area contributed by atoms with Crippen LogP contribution in [0.1, 0.15) is 6.92 Å². The maximum absolute atomic E-state index is 10.6. The topological polar surface area (TPSA) is 52.3 Å². The number of nitrogens with zero attached hydrogens (tertiary/aromatic N) is 1. The highest BCUT2D eigenvalue weighted by Crippen LogP contribution is 2.19. The number of rotatable bonds is 1. The van der Waals surface area contributed by atoms with E-state index in [9.17, 15) is 4.79 Å². The molecule has 0 aliphatic heterocycles. The van der Waals surface area contributed by atoms with Gasteiger partial charge < -0.3 is 9.15 Å². The molecule has 0 aliphatic rings.